The summed E-state index contributed by atoms with van der Waals surface area (Å²) in [7, 11) is 1.67. The maximum absolute atomic E-state index is 4.96. The summed E-state index contributed by atoms with van der Waals surface area (Å²) in [5, 5.41) is 2.70. The molecule has 0 rings (SSSR count). The first kappa shape index (κ1) is 6.79. The molecule has 0 aliphatic carbocycles. The summed E-state index contributed by atoms with van der Waals surface area (Å²) >= 11 is 0. The summed E-state index contributed by atoms with van der Waals surface area (Å²) in [6, 6.07) is 0. The van der Waals surface area contributed by atoms with Gasteiger partial charge in [-0.1, -0.05) is 5.73 Å². The van der Waals surface area contributed by atoms with Crippen LogP contribution in [0.4, 0.5) is 0 Å². The fraction of sp³-hybridized carbons (Fsp3) is 0.200. The molecule has 44 valence electrons. The maximum atomic E-state index is 4.96. The van der Waals surface area contributed by atoms with Crippen LogP contribution in [0, 0.1) is 0 Å². The highest BCUT2D eigenvalue weighted by atomic mass is 14.9. The molecule has 0 spiro atoms. The summed E-state index contributed by atoms with van der Waals surface area (Å²) in [5.41, 5.74) is 7.57. The molecule has 0 saturated carbocycles. The number of rotatable bonds is 2. The quantitative estimate of drug-likeness (QED) is 0.295. The summed E-state index contributed by atoms with van der Waals surface area (Å²) in [6.45, 7) is 0. The van der Waals surface area contributed by atoms with Crippen molar-refractivity contribution in [3.8, 4) is 0 Å². The van der Waals surface area contributed by atoms with Gasteiger partial charge in [-0.25, -0.2) is 0 Å². The van der Waals surface area contributed by atoms with E-state index in [2.05, 4.69) is 16.0 Å². The van der Waals surface area contributed by atoms with E-state index in [-0.39, 0.29) is 0 Å². The van der Waals surface area contributed by atoms with Crippen molar-refractivity contribution in [3.05, 3.63) is 18.1 Å². The molecule has 0 unspecified atom stereocenters. The molecule has 0 aromatic rings. The van der Waals surface area contributed by atoms with Crippen molar-refractivity contribution in [2.45, 2.75) is 0 Å². The van der Waals surface area contributed by atoms with Crippen molar-refractivity contribution in [2.24, 2.45) is 10.7 Å². The Morgan fingerprint density at radius 1 is 1.75 bits per heavy atom. The zero-order valence-electron chi connectivity index (χ0n) is 4.76. The van der Waals surface area contributed by atoms with Crippen LogP contribution in [-0.4, -0.2) is 13.4 Å². The fourth-order valence-corrected chi connectivity index (χ4v) is 0.208. The van der Waals surface area contributed by atoms with Gasteiger partial charge in [-0.3, -0.25) is 4.99 Å². The number of hydrogen-bond donors (Lipinski definition) is 2. The molecule has 3 heteroatoms. The largest absolute Gasteiger partial charge is 0.398 e. The van der Waals surface area contributed by atoms with Crippen LogP contribution in [0.25, 0.3) is 0 Å². The van der Waals surface area contributed by atoms with Crippen molar-refractivity contribution in [3.63, 3.8) is 0 Å². The molecule has 3 nitrogen and oxygen atoms in total. The first-order valence-electron chi connectivity index (χ1n) is 2.19. The molecule has 0 aromatic heterocycles. The van der Waals surface area contributed by atoms with Crippen LogP contribution in [0.2, 0.25) is 0 Å². The Morgan fingerprint density at radius 3 is 3.00 bits per heavy atom. The van der Waals surface area contributed by atoms with E-state index in [1.807, 2.05) is 0 Å². The Labute approximate surface area is 48.6 Å². The van der Waals surface area contributed by atoms with E-state index in [0.717, 1.165) is 0 Å². The summed E-state index contributed by atoms with van der Waals surface area (Å²) in [4.78, 5) is 3.65. The fourth-order valence-electron chi connectivity index (χ4n) is 0.208. The summed E-state index contributed by atoms with van der Waals surface area (Å²) in [6.07, 6.45) is 4.42. The van der Waals surface area contributed by atoms with Crippen molar-refractivity contribution >= 4 is 6.34 Å². The standard InChI is InChI=1S/C5H9N3/c1-7-5-8-4-2-3-6/h3-5H,6H2,1H3,(H,7,8). The molecular weight excluding hydrogens is 102 g/mol. The third kappa shape index (κ3) is 4.79. The van der Waals surface area contributed by atoms with Crippen LogP contribution < -0.4 is 11.1 Å². The van der Waals surface area contributed by atoms with E-state index >= 15 is 0 Å². The Hall–Kier alpha value is -1.21. The summed E-state index contributed by atoms with van der Waals surface area (Å²) in [5.74, 6) is 0. The van der Waals surface area contributed by atoms with Crippen LogP contribution in [0.5, 0.6) is 0 Å². The molecule has 0 aliphatic heterocycles. The molecule has 8 heavy (non-hydrogen) atoms. The van der Waals surface area contributed by atoms with E-state index in [4.69, 9.17) is 5.73 Å². The Kier molecular flexibility index (Phi) is 4.91. The zero-order chi connectivity index (χ0) is 6.24. The first-order chi connectivity index (χ1) is 3.91. The highest BCUT2D eigenvalue weighted by Gasteiger charge is 1.56. The van der Waals surface area contributed by atoms with Gasteiger partial charge in [-0.15, -0.1) is 0 Å². The minimum Gasteiger partial charge on any atom is -0.398 e. The maximum Gasteiger partial charge on any atom is 0.0864 e. The lowest BCUT2D eigenvalue weighted by atomic mass is 10.8. The second-order valence-electron chi connectivity index (χ2n) is 1.03. The molecule has 0 aromatic carbocycles. The van der Waals surface area contributed by atoms with Crippen LogP contribution >= 0.6 is 0 Å². The van der Waals surface area contributed by atoms with E-state index in [1.54, 1.807) is 13.2 Å². The predicted molar refractivity (Wildman–Crippen MR) is 34.4 cm³/mol. The molecule has 0 amide bonds. The first-order valence-corrected chi connectivity index (χ1v) is 2.19. The van der Waals surface area contributed by atoms with Crippen LogP contribution in [-0.2, 0) is 0 Å². The van der Waals surface area contributed by atoms with E-state index in [0.29, 0.717) is 0 Å². The van der Waals surface area contributed by atoms with Crippen molar-refractivity contribution in [1.82, 2.24) is 5.32 Å². The highest BCUT2D eigenvalue weighted by Crippen LogP contribution is 1.51. The normalized spacial score (nSPS) is 8.12. The highest BCUT2D eigenvalue weighted by molar-refractivity contribution is 5.55. The van der Waals surface area contributed by atoms with Crippen LogP contribution in [0.3, 0.4) is 0 Å². The topological polar surface area (TPSA) is 50.4 Å². The third-order valence-electron chi connectivity index (χ3n) is 0.467. The molecular formula is C5H9N3. The van der Waals surface area contributed by atoms with Crippen molar-refractivity contribution in [1.29, 1.82) is 0 Å². The molecule has 3 N–H and O–H groups in total. The van der Waals surface area contributed by atoms with E-state index in [1.165, 1.54) is 12.5 Å². The number of nitrogens with two attached hydrogens (primary N) is 1. The second kappa shape index (κ2) is 5.79. The Balaban J connectivity index is 3.30. The van der Waals surface area contributed by atoms with Gasteiger partial charge in [-0.2, -0.15) is 0 Å². The number of nitrogens with zero attached hydrogens (tertiary/aromatic N) is 1. The van der Waals surface area contributed by atoms with Gasteiger partial charge in [0.15, 0.2) is 0 Å². The lowest BCUT2D eigenvalue weighted by Gasteiger charge is -1.79. The van der Waals surface area contributed by atoms with Crippen LogP contribution in [0.1, 0.15) is 0 Å². The molecule has 0 fully saturated rings. The predicted octanol–water partition coefficient (Wildman–Crippen LogP) is -0.181. The van der Waals surface area contributed by atoms with Gasteiger partial charge in [-0.05, 0) is 0 Å². The average Bonchev–Trinajstić information content (AvgIpc) is 1.81. The number of aliphatic imine (C=N–C) groups is 1. The van der Waals surface area contributed by atoms with Crippen molar-refractivity contribution in [2.75, 3.05) is 7.05 Å². The van der Waals surface area contributed by atoms with Crippen LogP contribution in [0.15, 0.2) is 23.1 Å². The Bertz CT molecular complexity index is 120. The third-order valence-corrected chi connectivity index (χ3v) is 0.467. The van der Waals surface area contributed by atoms with E-state index in [9.17, 15) is 0 Å². The smallest absolute Gasteiger partial charge is 0.0864 e. The molecule has 0 saturated heterocycles. The monoisotopic (exact) mass is 111 g/mol. The van der Waals surface area contributed by atoms with Gasteiger partial charge in [0.05, 0.1) is 6.34 Å². The average molecular weight is 111 g/mol. The lowest BCUT2D eigenvalue weighted by molar-refractivity contribution is 1.28. The van der Waals surface area contributed by atoms with Gasteiger partial charge in [0.1, 0.15) is 0 Å². The van der Waals surface area contributed by atoms with Crippen molar-refractivity contribution < 1.29 is 0 Å². The van der Waals surface area contributed by atoms with Gasteiger partial charge in [0.2, 0.25) is 0 Å². The molecule has 0 aliphatic rings. The molecule has 0 bridgehead atoms. The molecule has 0 radical (unpaired) electrons. The minimum absolute atomic E-state index is 1.32. The molecule has 0 heterocycles. The van der Waals surface area contributed by atoms with E-state index < -0.39 is 0 Å². The molecule has 0 atom stereocenters. The number of nitrogens with one attached hydrogen (secondary N) is 1. The Morgan fingerprint density at radius 2 is 2.50 bits per heavy atom. The van der Waals surface area contributed by atoms with Gasteiger partial charge in [0, 0.05) is 19.4 Å². The number of hydrogen-bond acceptors (Lipinski definition) is 2. The minimum atomic E-state index is 1.32. The van der Waals surface area contributed by atoms with Gasteiger partial charge < -0.3 is 11.1 Å². The lowest BCUT2D eigenvalue weighted by Crippen LogP contribution is -1.98. The SMILES string of the molecule is CN=CNC=C=CN. The summed E-state index contributed by atoms with van der Waals surface area (Å²) < 4.78 is 0. The zero-order valence-corrected chi connectivity index (χ0v) is 4.76. The second-order valence-corrected chi connectivity index (χ2v) is 1.03. The van der Waals surface area contributed by atoms with Gasteiger partial charge >= 0.3 is 0 Å². The van der Waals surface area contributed by atoms with Gasteiger partial charge in [0.25, 0.3) is 0 Å².